The summed E-state index contributed by atoms with van der Waals surface area (Å²) in [5, 5.41) is 3.28. The third-order valence-corrected chi connectivity index (χ3v) is 6.26. The molecule has 7 heteroatoms. The summed E-state index contributed by atoms with van der Waals surface area (Å²) >= 11 is 0. The van der Waals surface area contributed by atoms with Crippen LogP contribution in [0.1, 0.15) is 41.5 Å². The number of likely N-dealkylation sites (tertiary alicyclic amines) is 1. The van der Waals surface area contributed by atoms with Crippen LogP contribution in [0.25, 0.3) is 0 Å². The van der Waals surface area contributed by atoms with Crippen molar-refractivity contribution in [2.75, 3.05) is 25.5 Å². The molecule has 0 saturated carbocycles. The number of hydrogen-bond donors (Lipinski definition) is 1. The molecule has 1 amide bonds. The first kappa shape index (κ1) is 23.7. The summed E-state index contributed by atoms with van der Waals surface area (Å²) in [5.41, 5.74) is 1.60. The topological polar surface area (TPSA) is 41.6 Å². The van der Waals surface area contributed by atoms with Gasteiger partial charge in [-0.2, -0.15) is 13.2 Å². The second kappa shape index (κ2) is 10.2. The van der Waals surface area contributed by atoms with Crippen LogP contribution in [0.15, 0.2) is 78.9 Å². The van der Waals surface area contributed by atoms with E-state index in [1.165, 1.54) is 12.1 Å². The molecule has 1 fully saturated rings. The number of rotatable bonds is 7. The lowest BCUT2D eigenvalue weighted by Gasteiger charge is -2.30. The van der Waals surface area contributed by atoms with Crippen molar-refractivity contribution >= 4 is 11.6 Å². The molecule has 3 aromatic carbocycles. The first-order valence-electron chi connectivity index (χ1n) is 11.3. The van der Waals surface area contributed by atoms with Crippen LogP contribution in [0.3, 0.4) is 0 Å². The van der Waals surface area contributed by atoms with Crippen molar-refractivity contribution in [3.8, 4) is 5.75 Å². The zero-order valence-electron chi connectivity index (χ0n) is 18.9. The third kappa shape index (κ3) is 5.19. The lowest BCUT2D eigenvalue weighted by Crippen LogP contribution is -2.37. The van der Waals surface area contributed by atoms with E-state index in [0.29, 0.717) is 12.1 Å². The van der Waals surface area contributed by atoms with Crippen LogP contribution in [0.4, 0.5) is 18.9 Å². The van der Waals surface area contributed by atoms with Crippen LogP contribution in [-0.4, -0.2) is 31.0 Å². The molecule has 1 saturated heterocycles. The SMILES string of the molecule is COc1ccccc1C1CCCN1C(=O)C(CNc1ccccc1)c1ccc(C(F)(F)F)cc1. The third-order valence-electron chi connectivity index (χ3n) is 6.26. The standard InChI is InChI=1S/C27H27F3N2O2/c1-34-25-12-6-5-10-22(25)24-11-7-17-32(24)26(33)23(18-31-21-8-3-2-4-9-21)19-13-15-20(16-14-19)27(28,29)30/h2-6,8-10,12-16,23-24,31H,7,11,17-18H2,1H3. The highest BCUT2D eigenvalue weighted by atomic mass is 19.4. The molecule has 34 heavy (non-hydrogen) atoms. The van der Waals surface area contributed by atoms with Gasteiger partial charge in [-0.05, 0) is 48.7 Å². The van der Waals surface area contributed by atoms with Gasteiger partial charge in [0.25, 0.3) is 0 Å². The zero-order valence-corrected chi connectivity index (χ0v) is 18.9. The molecule has 0 spiro atoms. The number of nitrogens with zero attached hydrogens (tertiary/aromatic N) is 1. The molecule has 4 nitrogen and oxygen atoms in total. The van der Waals surface area contributed by atoms with Gasteiger partial charge in [0.05, 0.1) is 24.6 Å². The van der Waals surface area contributed by atoms with Crippen molar-refractivity contribution in [1.82, 2.24) is 4.90 Å². The van der Waals surface area contributed by atoms with Gasteiger partial charge in [0, 0.05) is 24.3 Å². The Morgan fingerprint density at radius 3 is 2.38 bits per heavy atom. The Kier molecular flexibility index (Phi) is 7.10. The largest absolute Gasteiger partial charge is 0.496 e. The Bertz CT molecular complexity index is 1100. The number of carbonyl (C=O) groups is 1. The Hall–Kier alpha value is -3.48. The molecule has 4 rings (SSSR count). The van der Waals surface area contributed by atoms with Crippen molar-refractivity contribution in [1.29, 1.82) is 0 Å². The van der Waals surface area contributed by atoms with E-state index in [4.69, 9.17) is 4.74 Å². The number of benzene rings is 3. The fraction of sp³-hybridized carbons (Fsp3) is 0.296. The molecule has 1 aliphatic heterocycles. The summed E-state index contributed by atoms with van der Waals surface area (Å²) in [6.07, 6.45) is -2.78. The molecule has 1 heterocycles. The quantitative estimate of drug-likeness (QED) is 0.444. The molecule has 0 bridgehead atoms. The van der Waals surface area contributed by atoms with E-state index < -0.39 is 17.7 Å². The van der Waals surface area contributed by atoms with Crippen LogP contribution < -0.4 is 10.1 Å². The minimum atomic E-state index is -4.43. The lowest BCUT2D eigenvalue weighted by molar-refractivity contribution is -0.137. The summed E-state index contributed by atoms with van der Waals surface area (Å²) in [7, 11) is 1.61. The number of nitrogens with one attached hydrogen (secondary N) is 1. The minimum absolute atomic E-state index is 0.114. The minimum Gasteiger partial charge on any atom is -0.496 e. The van der Waals surface area contributed by atoms with Gasteiger partial charge in [0.15, 0.2) is 0 Å². The summed E-state index contributed by atoms with van der Waals surface area (Å²) in [4.78, 5) is 15.7. The number of ether oxygens (including phenoxy) is 1. The highest BCUT2D eigenvalue weighted by Crippen LogP contribution is 2.39. The first-order valence-corrected chi connectivity index (χ1v) is 11.3. The molecule has 2 unspecified atom stereocenters. The molecule has 2 atom stereocenters. The van der Waals surface area contributed by atoms with E-state index in [-0.39, 0.29) is 18.5 Å². The average Bonchev–Trinajstić information content (AvgIpc) is 3.34. The van der Waals surface area contributed by atoms with E-state index in [1.807, 2.05) is 59.5 Å². The Morgan fingerprint density at radius 2 is 1.71 bits per heavy atom. The van der Waals surface area contributed by atoms with Gasteiger partial charge >= 0.3 is 6.18 Å². The summed E-state index contributed by atoms with van der Waals surface area (Å²) in [6.45, 7) is 0.855. The second-order valence-corrected chi connectivity index (χ2v) is 8.35. The zero-order chi connectivity index (χ0) is 24.1. The maximum Gasteiger partial charge on any atom is 0.416 e. The van der Waals surface area contributed by atoms with Crippen LogP contribution in [-0.2, 0) is 11.0 Å². The lowest BCUT2D eigenvalue weighted by atomic mass is 9.94. The van der Waals surface area contributed by atoms with E-state index in [0.717, 1.165) is 42.0 Å². The van der Waals surface area contributed by atoms with E-state index in [2.05, 4.69) is 5.32 Å². The van der Waals surface area contributed by atoms with Crippen molar-refractivity contribution in [3.05, 3.63) is 95.6 Å². The van der Waals surface area contributed by atoms with Crippen molar-refractivity contribution in [3.63, 3.8) is 0 Å². The smallest absolute Gasteiger partial charge is 0.416 e. The highest BCUT2D eigenvalue weighted by molar-refractivity contribution is 5.85. The summed E-state index contributed by atoms with van der Waals surface area (Å²) in [5.74, 6) is -0.0323. The average molecular weight is 469 g/mol. The van der Waals surface area contributed by atoms with Crippen LogP contribution in [0.2, 0.25) is 0 Å². The number of amides is 1. The van der Waals surface area contributed by atoms with Gasteiger partial charge in [-0.3, -0.25) is 4.79 Å². The molecule has 178 valence electrons. The van der Waals surface area contributed by atoms with Gasteiger partial charge in [-0.1, -0.05) is 48.5 Å². The summed E-state index contributed by atoms with van der Waals surface area (Å²) in [6, 6.07) is 21.8. The molecule has 1 aliphatic rings. The van der Waals surface area contributed by atoms with Gasteiger partial charge in [0.1, 0.15) is 5.75 Å². The number of para-hydroxylation sites is 2. The fourth-order valence-corrected chi connectivity index (χ4v) is 4.52. The highest BCUT2D eigenvalue weighted by Gasteiger charge is 2.36. The number of anilines is 1. The molecular weight excluding hydrogens is 441 g/mol. The van der Waals surface area contributed by atoms with Gasteiger partial charge in [0.2, 0.25) is 5.91 Å². The predicted octanol–water partition coefficient (Wildman–Crippen LogP) is 6.27. The monoisotopic (exact) mass is 468 g/mol. The summed E-state index contributed by atoms with van der Waals surface area (Å²) < 4.78 is 44.8. The normalized spacial score (nSPS) is 16.8. The van der Waals surface area contributed by atoms with Crippen LogP contribution in [0.5, 0.6) is 5.75 Å². The first-order chi connectivity index (χ1) is 16.4. The van der Waals surface area contributed by atoms with Crippen molar-refractivity contribution < 1.29 is 22.7 Å². The van der Waals surface area contributed by atoms with Crippen molar-refractivity contribution in [2.24, 2.45) is 0 Å². The number of methoxy groups -OCH3 is 1. The van der Waals surface area contributed by atoms with Gasteiger partial charge < -0.3 is 15.0 Å². The van der Waals surface area contributed by atoms with Crippen molar-refractivity contribution in [2.45, 2.75) is 31.0 Å². The number of alkyl halides is 3. The van der Waals surface area contributed by atoms with Crippen LogP contribution in [0, 0.1) is 0 Å². The number of halogens is 3. The second-order valence-electron chi connectivity index (χ2n) is 8.35. The predicted molar refractivity (Wildman–Crippen MR) is 126 cm³/mol. The maximum absolute atomic E-state index is 13.9. The molecule has 0 radical (unpaired) electrons. The fourth-order valence-electron chi connectivity index (χ4n) is 4.52. The molecule has 0 aliphatic carbocycles. The van der Waals surface area contributed by atoms with Gasteiger partial charge in [-0.15, -0.1) is 0 Å². The molecular formula is C27H27F3N2O2. The number of carbonyl (C=O) groups excluding carboxylic acids is 1. The van der Waals surface area contributed by atoms with E-state index in [9.17, 15) is 18.0 Å². The Morgan fingerprint density at radius 1 is 1.03 bits per heavy atom. The molecule has 1 N–H and O–H groups in total. The Labute approximate surface area is 197 Å². The van der Waals surface area contributed by atoms with Gasteiger partial charge in [-0.25, -0.2) is 0 Å². The van der Waals surface area contributed by atoms with E-state index >= 15 is 0 Å². The number of hydrogen-bond acceptors (Lipinski definition) is 3. The van der Waals surface area contributed by atoms with E-state index in [1.54, 1.807) is 7.11 Å². The van der Waals surface area contributed by atoms with Crippen LogP contribution >= 0.6 is 0 Å². The molecule has 0 aromatic heterocycles. The molecule has 3 aromatic rings. The Balaban J connectivity index is 1.63. The maximum atomic E-state index is 13.9.